The summed E-state index contributed by atoms with van der Waals surface area (Å²) in [4.78, 5) is 5.01. The molecule has 0 N–H and O–H groups in total. The lowest BCUT2D eigenvalue weighted by molar-refractivity contribution is 0.477. The molecule has 11 heteroatoms. The molecule has 1 saturated heterocycles. The SMILES string of the molecule is Cc1cc(Sc2nnc(-c3cccc(S(=O)(=O)N4CCCC4)c3)n2-c2ccccc2)n2c(nc3ccccc32)c1C#N. The maximum Gasteiger partial charge on any atom is 0.243 e. The van der Waals surface area contributed by atoms with Crippen LogP contribution in [0.4, 0.5) is 0 Å². The van der Waals surface area contributed by atoms with Crippen molar-refractivity contribution in [2.45, 2.75) is 34.8 Å². The number of sulfonamides is 1. The Hall–Kier alpha value is -4.50. The van der Waals surface area contributed by atoms with Crippen LogP contribution >= 0.6 is 11.8 Å². The van der Waals surface area contributed by atoms with Gasteiger partial charge in [0.25, 0.3) is 0 Å². The van der Waals surface area contributed by atoms with Gasteiger partial charge in [0.1, 0.15) is 6.07 Å². The third-order valence-electron chi connectivity index (χ3n) is 7.49. The zero-order valence-corrected chi connectivity index (χ0v) is 24.3. The molecule has 0 saturated carbocycles. The molecule has 0 bridgehead atoms. The van der Waals surface area contributed by atoms with Crippen LogP contribution in [0.25, 0.3) is 33.8 Å². The minimum Gasteiger partial charge on any atom is -0.285 e. The van der Waals surface area contributed by atoms with Gasteiger partial charge in [-0.2, -0.15) is 9.57 Å². The van der Waals surface area contributed by atoms with Crippen LogP contribution in [0.3, 0.4) is 0 Å². The second-order valence-corrected chi connectivity index (χ2v) is 13.1. The van der Waals surface area contributed by atoms with E-state index in [0.717, 1.165) is 40.2 Å². The molecule has 0 aliphatic carbocycles. The Labute approximate surface area is 247 Å². The van der Waals surface area contributed by atoms with Crippen LogP contribution in [0, 0.1) is 18.3 Å². The molecule has 3 aromatic carbocycles. The number of aromatic nitrogens is 5. The van der Waals surface area contributed by atoms with Crippen LogP contribution in [-0.2, 0) is 10.0 Å². The first-order valence-electron chi connectivity index (χ1n) is 13.6. The van der Waals surface area contributed by atoms with Crippen LogP contribution in [0.5, 0.6) is 0 Å². The van der Waals surface area contributed by atoms with Gasteiger partial charge in [0.15, 0.2) is 11.5 Å². The summed E-state index contributed by atoms with van der Waals surface area (Å²) in [5.74, 6) is 0.527. The summed E-state index contributed by atoms with van der Waals surface area (Å²) in [5.41, 5.74) is 5.09. The first-order valence-corrected chi connectivity index (χ1v) is 15.8. The Morgan fingerprint density at radius 2 is 1.67 bits per heavy atom. The number of hydrogen-bond donors (Lipinski definition) is 0. The van der Waals surface area contributed by atoms with E-state index in [0.29, 0.717) is 40.8 Å². The second kappa shape index (κ2) is 10.4. The largest absolute Gasteiger partial charge is 0.285 e. The van der Waals surface area contributed by atoms with Crippen LogP contribution in [0.2, 0.25) is 0 Å². The summed E-state index contributed by atoms with van der Waals surface area (Å²) < 4.78 is 32.2. The van der Waals surface area contributed by atoms with Crippen molar-refractivity contribution in [1.82, 2.24) is 28.5 Å². The minimum atomic E-state index is -3.60. The number of fused-ring (bicyclic) bond motifs is 3. The molecule has 1 aliphatic rings. The van der Waals surface area contributed by atoms with E-state index >= 15 is 0 Å². The zero-order chi connectivity index (χ0) is 28.8. The van der Waals surface area contributed by atoms with Crippen molar-refractivity contribution in [3.05, 3.63) is 96.1 Å². The highest BCUT2D eigenvalue weighted by Gasteiger charge is 2.28. The number of hydrogen-bond acceptors (Lipinski definition) is 7. The van der Waals surface area contributed by atoms with Gasteiger partial charge < -0.3 is 0 Å². The van der Waals surface area contributed by atoms with E-state index in [-0.39, 0.29) is 4.90 Å². The number of nitrogens with zero attached hydrogens (tertiary/aromatic N) is 7. The van der Waals surface area contributed by atoms with Gasteiger partial charge in [-0.05, 0) is 79.6 Å². The summed E-state index contributed by atoms with van der Waals surface area (Å²) in [6.45, 7) is 2.98. The predicted octanol–water partition coefficient (Wildman–Crippen LogP) is 5.85. The van der Waals surface area contributed by atoms with Crippen molar-refractivity contribution in [3.8, 4) is 23.1 Å². The highest BCUT2D eigenvalue weighted by atomic mass is 32.2. The van der Waals surface area contributed by atoms with Gasteiger partial charge in [0, 0.05) is 24.3 Å². The van der Waals surface area contributed by atoms with Crippen molar-refractivity contribution >= 4 is 38.5 Å². The van der Waals surface area contributed by atoms with Gasteiger partial charge >= 0.3 is 0 Å². The molecule has 0 atom stereocenters. The summed E-state index contributed by atoms with van der Waals surface area (Å²) in [6.07, 6.45) is 1.74. The predicted molar refractivity (Wildman–Crippen MR) is 161 cm³/mol. The quantitative estimate of drug-likeness (QED) is 0.239. The van der Waals surface area contributed by atoms with Gasteiger partial charge in [-0.25, -0.2) is 13.4 Å². The first kappa shape index (κ1) is 26.4. The van der Waals surface area contributed by atoms with Gasteiger partial charge in [-0.1, -0.05) is 42.5 Å². The lowest BCUT2D eigenvalue weighted by Gasteiger charge is -2.16. The monoisotopic (exact) mass is 591 g/mol. The molecule has 9 nitrogen and oxygen atoms in total. The number of nitriles is 1. The molecule has 7 rings (SSSR count). The number of pyridine rings is 1. The van der Waals surface area contributed by atoms with Crippen molar-refractivity contribution in [2.75, 3.05) is 13.1 Å². The third kappa shape index (κ3) is 4.36. The van der Waals surface area contributed by atoms with E-state index in [2.05, 4.69) is 16.3 Å². The van der Waals surface area contributed by atoms with Crippen LogP contribution in [-0.4, -0.2) is 50.0 Å². The lowest BCUT2D eigenvalue weighted by atomic mass is 10.2. The molecule has 0 radical (unpaired) electrons. The maximum absolute atomic E-state index is 13.4. The topological polar surface area (TPSA) is 109 Å². The number of imidazole rings is 1. The molecule has 6 aromatic rings. The lowest BCUT2D eigenvalue weighted by Crippen LogP contribution is -2.27. The van der Waals surface area contributed by atoms with E-state index < -0.39 is 10.0 Å². The molecule has 1 fully saturated rings. The molecule has 0 unspecified atom stereocenters. The summed E-state index contributed by atoms with van der Waals surface area (Å²) in [5, 5.41) is 20.5. The zero-order valence-electron chi connectivity index (χ0n) is 22.7. The van der Waals surface area contributed by atoms with E-state index in [4.69, 9.17) is 4.98 Å². The molecule has 0 spiro atoms. The van der Waals surface area contributed by atoms with Crippen molar-refractivity contribution in [3.63, 3.8) is 0 Å². The number of para-hydroxylation sites is 3. The van der Waals surface area contributed by atoms with Crippen LogP contribution in [0.15, 0.2) is 100 Å². The van der Waals surface area contributed by atoms with Crippen molar-refractivity contribution in [2.24, 2.45) is 0 Å². The average Bonchev–Trinajstić information content (AvgIpc) is 3.77. The molecular weight excluding hydrogens is 567 g/mol. The molecule has 3 aromatic heterocycles. The van der Waals surface area contributed by atoms with Gasteiger partial charge in [0.05, 0.1) is 26.5 Å². The fourth-order valence-corrected chi connectivity index (χ4v) is 8.06. The Morgan fingerprint density at radius 3 is 2.45 bits per heavy atom. The van der Waals surface area contributed by atoms with Crippen molar-refractivity contribution in [1.29, 1.82) is 5.26 Å². The van der Waals surface area contributed by atoms with E-state index in [1.165, 1.54) is 11.8 Å². The normalized spacial score (nSPS) is 14.1. The molecule has 42 heavy (non-hydrogen) atoms. The maximum atomic E-state index is 13.4. The third-order valence-corrected chi connectivity index (χ3v) is 10.3. The fourth-order valence-electron chi connectivity index (χ4n) is 5.43. The standard InChI is InChI=1S/C31H25N7O2S2/c1-21-18-28(38-27-15-6-5-14-26(27)33-30(38)25(21)20-32)41-31-35-34-29(37(31)23-11-3-2-4-12-23)22-10-9-13-24(19-22)42(39,40)36-16-7-8-17-36/h2-6,9-15,18-19H,7-8,16-17H2,1H3. The highest BCUT2D eigenvalue weighted by Crippen LogP contribution is 2.36. The molecule has 1 aliphatic heterocycles. The van der Waals surface area contributed by atoms with Gasteiger partial charge in [0.2, 0.25) is 15.2 Å². The van der Waals surface area contributed by atoms with Crippen LogP contribution < -0.4 is 0 Å². The number of aryl methyl sites for hydroxylation is 1. The van der Waals surface area contributed by atoms with Crippen molar-refractivity contribution < 1.29 is 8.42 Å². The summed E-state index contributed by atoms with van der Waals surface area (Å²) >= 11 is 1.41. The van der Waals surface area contributed by atoms with Crippen LogP contribution in [0.1, 0.15) is 24.0 Å². The minimum absolute atomic E-state index is 0.244. The molecule has 208 valence electrons. The summed E-state index contributed by atoms with van der Waals surface area (Å²) in [7, 11) is -3.60. The second-order valence-electron chi connectivity index (χ2n) is 10.1. The van der Waals surface area contributed by atoms with E-state index in [1.807, 2.05) is 82.6 Å². The number of rotatable bonds is 6. The molecular formula is C31H25N7O2S2. The first-order chi connectivity index (χ1) is 20.5. The number of benzene rings is 3. The Balaban J connectivity index is 1.39. The van der Waals surface area contributed by atoms with E-state index in [9.17, 15) is 13.7 Å². The average molecular weight is 592 g/mol. The smallest absolute Gasteiger partial charge is 0.243 e. The highest BCUT2D eigenvalue weighted by molar-refractivity contribution is 7.99. The Morgan fingerprint density at radius 1 is 0.905 bits per heavy atom. The Bertz CT molecular complexity index is 2120. The summed E-state index contributed by atoms with van der Waals surface area (Å²) in [6, 6.07) is 28.7. The molecule has 4 heterocycles. The van der Waals surface area contributed by atoms with E-state index in [1.54, 1.807) is 22.5 Å². The van der Waals surface area contributed by atoms with Gasteiger partial charge in [-0.3, -0.25) is 8.97 Å². The Kier molecular flexibility index (Phi) is 6.54. The molecule has 0 amide bonds. The fraction of sp³-hybridized carbons (Fsp3) is 0.161. The van der Waals surface area contributed by atoms with Gasteiger partial charge in [-0.15, -0.1) is 10.2 Å².